The molecule has 4 heteroatoms. The van der Waals surface area contributed by atoms with E-state index in [4.69, 9.17) is 25.0 Å². The maximum atomic E-state index is 8.94. The Balaban J connectivity index is 0.000000278. The molecule has 3 nitrogen and oxygen atoms in total. The van der Waals surface area contributed by atoms with Gasteiger partial charge in [0.15, 0.2) is 0 Å². The molecule has 66 heavy (non-hydrogen) atoms. The Morgan fingerprint density at radius 2 is 1.39 bits per heavy atom. The Bertz CT molecular complexity index is 3960. The van der Waals surface area contributed by atoms with Crippen molar-refractivity contribution in [1.29, 1.82) is 0 Å². The van der Waals surface area contributed by atoms with Crippen LogP contribution in [0.2, 0.25) is 0 Å². The van der Waals surface area contributed by atoms with Gasteiger partial charge in [-0.2, -0.15) is 0 Å². The molecule has 11 rings (SSSR count). The van der Waals surface area contributed by atoms with Crippen molar-refractivity contribution in [3.05, 3.63) is 191 Å². The molecule has 0 atom stereocenters. The third kappa shape index (κ3) is 9.02. The molecule has 331 valence electrons. The summed E-state index contributed by atoms with van der Waals surface area (Å²) in [5, 5.41) is 5.72. The van der Waals surface area contributed by atoms with Crippen LogP contribution < -0.4 is 0 Å². The molecule has 0 unspecified atom stereocenters. The molecule has 1 fully saturated rings. The molecule has 0 bridgehead atoms. The van der Waals surface area contributed by atoms with Crippen LogP contribution >= 0.6 is 0 Å². The molecule has 1 saturated carbocycles. The Morgan fingerprint density at radius 3 is 2.14 bits per heavy atom. The zero-order chi connectivity index (χ0) is 57.5. The summed E-state index contributed by atoms with van der Waals surface area (Å²) in [7, 11) is 0. The summed E-state index contributed by atoms with van der Waals surface area (Å²) >= 11 is 0. The number of hydrogen-bond donors (Lipinski definition) is 0. The Labute approximate surface area is 424 Å². The molecule has 7 aromatic carbocycles. The molecule has 0 saturated heterocycles. The van der Waals surface area contributed by atoms with Gasteiger partial charge in [-0.05, 0) is 129 Å². The van der Waals surface area contributed by atoms with E-state index in [0.717, 1.165) is 63.6 Å². The predicted molar refractivity (Wildman–Crippen MR) is 273 cm³/mol. The van der Waals surface area contributed by atoms with Crippen LogP contribution in [0, 0.1) is 45.0 Å². The van der Waals surface area contributed by atoms with E-state index in [1.807, 2.05) is 63.2 Å². The fourth-order valence-electron chi connectivity index (χ4n) is 8.97. The first-order valence-corrected chi connectivity index (χ1v) is 21.9. The average Bonchev–Trinajstić information content (AvgIpc) is 4.09. The van der Waals surface area contributed by atoms with Crippen molar-refractivity contribution in [2.45, 2.75) is 86.1 Å². The van der Waals surface area contributed by atoms with Crippen molar-refractivity contribution in [2.24, 2.45) is 5.41 Å². The van der Waals surface area contributed by atoms with E-state index < -0.39 is 45.1 Å². The molecule has 0 aliphatic heterocycles. The first-order chi connectivity index (χ1) is 37.4. The van der Waals surface area contributed by atoms with Crippen molar-refractivity contribution in [3.8, 4) is 44.8 Å². The Kier molecular flexibility index (Phi) is 8.50. The fraction of sp³-hybridized carbons (Fsp3) is 0.226. The summed E-state index contributed by atoms with van der Waals surface area (Å²) in [5.41, 5.74) is 4.35. The average molecular weight is 1050 g/mol. The van der Waals surface area contributed by atoms with E-state index in [0.29, 0.717) is 39.1 Å². The molecular weight excluding hydrogens is 981 g/mol. The third-order valence-electron chi connectivity index (χ3n) is 12.1. The predicted octanol–water partition coefficient (Wildman–Crippen LogP) is 17.1. The number of aromatic nitrogens is 2. The second-order valence-corrected chi connectivity index (χ2v) is 17.8. The number of hydrogen-bond acceptors (Lipinski definition) is 3. The molecule has 1 aliphatic rings. The van der Waals surface area contributed by atoms with Gasteiger partial charge in [0.05, 0.1) is 5.58 Å². The normalized spacial score (nSPS) is 17.8. The molecule has 10 aromatic rings. The minimum absolute atomic E-state index is 0. The van der Waals surface area contributed by atoms with Crippen LogP contribution in [0.5, 0.6) is 0 Å². The number of furan rings is 1. The molecular formula is C62H56IrN2O-2. The topological polar surface area (TPSA) is 38.9 Å². The first kappa shape index (κ1) is 30.2. The zero-order valence-electron chi connectivity index (χ0n) is 51.8. The van der Waals surface area contributed by atoms with E-state index in [2.05, 4.69) is 46.4 Å². The SMILES string of the molecule is [2H]C([2H])([2H])c1c[c-]c(-c2ccc(C([2H])([2H])C(C)(C)C)cn2)cc1.[2H]C([2H])([2H])c1cc(-c2cc(-c3[c-]ccc4c3oc3c4ccc4ccc5ccccc5c43)ncc2C([2H])([2H])[2H])c(C([2H])([2H])[2H])cc1-c1ccc(C2([2H])CCCC2)cc1.[Ir]. The van der Waals surface area contributed by atoms with Crippen LogP contribution in [0.25, 0.3) is 88.3 Å². The van der Waals surface area contributed by atoms with Crippen LogP contribution in [-0.2, 0) is 26.5 Å². The van der Waals surface area contributed by atoms with Gasteiger partial charge in [-0.25, -0.2) is 0 Å². The fourth-order valence-corrected chi connectivity index (χ4v) is 8.97. The van der Waals surface area contributed by atoms with Crippen molar-refractivity contribution >= 4 is 43.5 Å². The summed E-state index contributed by atoms with van der Waals surface area (Å²) in [6, 6.07) is 45.5. The standard InChI is InChI=1S/C45H36NO.C17H20N.Ir/c1-27-24-40(28(2)23-39(27)33-17-15-31(16-18-33)30-9-4-5-10-30)41-25-42(46-26-29(41)3)38-14-8-13-36-37-22-21-34-20-19-32-11-6-7-12-35(32)43(34)45(37)47-44(36)38;1-13-5-8-15(9-6-13)16-10-7-14(12-18-16)11-17(2,3)4;/h6-8,11-13,15-26,30H,4-5,9-10H2,1-3H3;5-8,10,12H,11H2,1-4H3;/q2*-1;/i1D3,2D3,3D3,30D;1D3,11D2;. The van der Waals surface area contributed by atoms with E-state index in [-0.39, 0.29) is 64.7 Å². The van der Waals surface area contributed by atoms with E-state index >= 15 is 0 Å². The van der Waals surface area contributed by atoms with Crippen LogP contribution in [0.15, 0.2) is 150 Å². The van der Waals surface area contributed by atoms with Crippen molar-refractivity contribution in [2.75, 3.05) is 0 Å². The van der Waals surface area contributed by atoms with Gasteiger partial charge in [0.1, 0.15) is 5.58 Å². The largest absolute Gasteiger partial charge is 0.500 e. The zero-order valence-corrected chi connectivity index (χ0v) is 39.2. The van der Waals surface area contributed by atoms with Crippen molar-refractivity contribution in [1.82, 2.24) is 9.97 Å². The number of fused-ring (bicyclic) bond motifs is 7. The van der Waals surface area contributed by atoms with Crippen LogP contribution in [0.1, 0.15) is 106 Å². The summed E-state index contributed by atoms with van der Waals surface area (Å²) in [5.74, 6) is -0.712. The second-order valence-electron chi connectivity index (χ2n) is 17.8. The van der Waals surface area contributed by atoms with Gasteiger partial charge < -0.3 is 14.4 Å². The minimum Gasteiger partial charge on any atom is -0.500 e. The van der Waals surface area contributed by atoms with Gasteiger partial charge in [0, 0.05) is 63.8 Å². The van der Waals surface area contributed by atoms with Gasteiger partial charge in [-0.15, -0.1) is 53.6 Å². The quantitative estimate of drug-likeness (QED) is 0.123. The molecule has 0 spiro atoms. The van der Waals surface area contributed by atoms with Crippen molar-refractivity contribution in [3.63, 3.8) is 0 Å². The van der Waals surface area contributed by atoms with E-state index in [1.165, 1.54) is 36.7 Å². The second kappa shape index (κ2) is 18.6. The molecule has 1 aliphatic carbocycles. The molecule has 1 radical (unpaired) electrons. The number of rotatable bonds is 6. The minimum atomic E-state index is -2.77. The van der Waals surface area contributed by atoms with Gasteiger partial charge in [-0.1, -0.05) is 155 Å². The number of aryl methyl sites for hydroxylation is 4. The number of benzene rings is 7. The van der Waals surface area contributed by atoms with Gasteiger partial charge >= 0.3 is 0 Å². The summed E-state index contributed by atoms with van der Waals surface area (Å²) < 4.78 is 131. The van der Waals surface area contributed by atoms with Gasteiger partial charge in [0.25, 0.3) is 0 Å². The monoisotopic (exact) mass is 1050 g/mol. The van der Waals surface area contributed by atoms with Crippen LogP contribution in [0.3, 0.4) is 0 Å². The van der Waals surface area contributed by atoms with Crippen molar-refractivity contribution < 1.29 is 45.1 Å². The van der Waals surface area contributed by atoms with E-state index in [1.54, 1.807) is 42.5 Å². The summed E-state index contributed by atoms with van der Waals surface area (Å²) in [6.45, 7) is -4.80. The van der Waals surface area contributed by atoms with Crippen LogP contribution in [-0.4, -0.2) is 9.97 Å². The molecule has 3 aromatic heterocycles. The van der Waals surface area contributed by atoms with Gasteiger partial charge in [-0.3, -0.25) is 0 Å². The molecule has 3 heterocycles. The Morgan fingerprint density at radius 1 is 0.667 bits per heavy atom. The molecule has 0 amide bonds. The maximum Gasteiger partial charge on any atom is 0.129 e. The van der Waals surface area contributed by atoms with E-state index in [9.17, 15) is 0 Å². The van der Waals surface area contributed by atoms with Gasteiger partial charge in [0.2, 0.25) is 0 Å². The summed E-state index contributed by atoms with van der Waals surface area (Å²) in [4.78, 5) is 8.90. The number of nitrogens with zero attached hydrogens (tertiary/aromatic N) is 2. The third-order valence-corrected chi connectivity index (χ3v) is 12.1. The Hall–Kier alpha value is -6.19. The van der Waals surface area contributed by atoms with Crippen LogP contribution in [0.4, 0.5) is 0 Å². The maximum absolute atomic E-state index is 8.94. The summed E-state index contributed by atoms with van der Waals surface area (Å²) in [6.07, 6.45) is 4.65. The smallest absolute Gasteiger partial charge is 0.129 e. The number of pyridine rings is 2. The molecule has 0 N–H and O–H groups in total. The first-order valence-electron chi connectivity index (χ1n) is 29.4.